The zero-order chi connectivity index (χ0) is 16.0. The van der Waals surface area contributed by atoms with Crippen molar-refractivity contribution in [2.75, 3.05) is 11.9 Å². The number of anilines is 1. The van der Waals surface area contributed by atoms with Gasteiger partial charge in [-0.2, -0.15) is 0 Å². The van der Waals surface area contributed by atoms with E-state index in [-0.39, 0.29) is 23.2 Å². The van der Waals surface area contributed by atoms with Gasteiger partial charge in [-0.05, 0) is 39.3 Å². The lowest BCUT2D eigenvalue weighted by Crippen LogP contribution is -2.23. The van der Waals surface area contributed by atoms with Crippen molar-refractivity contribution in [3.8, 4) is 0 Å². The van der Waals surface area contributed by atoms with Crippen LogP contribution >= 0.6 is 0 Å². The third kappa shape index (κ3) is 5.03. The van der Waals surface area contributed by atoms with Crippen molar-refractivity contribution in [2.24, 2.45) is 0 Å². The van der Waals surface area contributed by atoms with Crippen LogP contribution in [0, 0.1) is 10.1 Å². The largest absolute Gasteiger partial charge is 0.393 e. The van der Waals surface area contributed by atoms with Gasteiger partial charge >= 0.3 is 0 Å². The number of nitrogens with one attached hydrogen (secondary N) is 2. The van der Waals surface area contributed by atoms with Gasteiger partial charge in [-0.3, -0.25) is 14.9 Å². The molecule has 21 heavy (non-hydrogen) atoms. The summed E-state index contributed by atoms with van der Waals surface area (Å²) in [5.74, 6) is -0.343. The first-order valence-corrected chi connectivity index (χ1v) is 6.86. The van der Waals surface area contributed by atoms with Crippen molar-refractivity contribution in [3.63, 3.8) is 0 Å². The predicted molar refractivity (Wildman–Crippen MR) is 80.5 cm³/mol. The number of hydrogen-bond acceptors (Lipinski definition) is 5. The molecular weight excluding hydrogens is 274 g/mol. The van der Waals surface area contributed by atoms with Crippen LogP contribution in [0.5, 0.6) is 0 Å². The highest BCUT2D eigenvalue weighted by atomic mass is 16.6. The Morgan fingerprint density at radius 2 is 2.10 bits per heavy atom. The van der Waals surface area contributed by atoms with Crippen molar-refractivity contribution >= 4 is 17.3 Å². The first-order chi connectivity index (χ1) is 9.85. The number of nitrogens with zero attached hydrogens (tertiary/aromatic N) is 1. The lowest BCUT2D eigenvalue weighted by molar-refractivity contribution is -0.384. The van der Waals surface area contributed by atoms with Crippen LogP contribution in [0.25, 0.3) is 0 Å². The second-order valence-corrected chi connectivity index (χ2v) is 4.98. The second kappa shape index (κ2) is 7.58. The number of nitro benzene ring substituents is 1. The molecule has 0 aliphatic rings. The summed E-state index contributed by atoms with van der Waals surface area (Å²) in [5, 5.41) is 26.1. The van der Waals surface area contributed by atoms with Crippen molar-refractivity contribution in [2.45, 2.75) is 39.3 Å². The summed E-state index contributed by atoms with van der Waals surface area (Å²) in [5.41, 5.74) is 0.426. The maximum atomic E-state index is 11.7. The quantitative estimate of drug-likeness (QED) is 0.526. The van der Waals surface area contributed by atoms with E-state index in [4.69, 9.17) is 0 Å². The molecule has 0 heterocycles. The van der Waals surface area contributed by atoms with Crippen LogP contribution in [0.4, 0.5) is 11.4 Å². The number of hydrogen-bond donors (Lipinski definition) is 3. The molecule has 1 aromatic carbocycles. The second-order valence-electron chi connectivity index (χ2n) is 4.98. The third-order valence-electron chi connectivity index (χ3n) is 2.89. The molecule has 0 spiro atoms. The molecule has 0 aliphatic carbocycles. The Balaban J connectivity index is 2.99. The van der Waals surface area contributed by atoms with Crippen LogP contribution in [0.2, 0.25) is 0 Å². The zero-order valence-corrected chi connectivity index (χ0v) is 12.4. The van der Waals surface area contributed by atoms with Crippen molar-refractivity contribution < 1.29 is 14.8 Å². The Morgan fingerprint density at radius 3 is 2.62 bits per heavy atom. The summed E-state index contributed by atoms with van der Waals surface area (Å²) in [6, 6.07) is 4.18. The number of carbonyl (C=O) groups is 1. The fraction of sp³-hybridized carbons (Fsp3) is 0.500. The number of amides is 1. The van der Waals surface area contributed by atoms with Crippen LogP contribution in [0.15, 0.2) is 18.2 Å². The lowest BCUT2D eigenvalue weighted by atomic mass is 10.1. The molecule has 0 aromatic heterocycles. The van der Waals surface area contributed by atoms with Gasteiger partial charge in [0.15, 0.2) is 0 Å². The van der Waals surface area contributed by atoms with Gasteiger partial charge in [-0.25, -0.2) is 0 Å². The van der Waals surface area contributed by atoms with E-state index in [9.17, 15) is 20.0 Å². The van der Waals surface area contributed by atoms with E-state index >= 15 is 0 Å². The number of benzene rings is 1. The van der Waals surface area contributed by atoms with Gasteiger partial charge in [-0.1, -0.05) is 0 Å². The Morgan fingerprint density at radius 1 is 1.43 bits per heavy atom. The van der Waals surface area contributed by atoms with Crippen molar-refractivity contribution in [1.29, 1.82) is 0 Å². The van der Waals surface area contributed by atoms with Gasteiger partial charge in [0.05, 0.1) is 11.0 Å². The molecule has 0 saturated carbocycles. The smallest absolute Gasteiger partial charge is 0.293 e. The average molecular weight is 295 g/mol. The highest BCUT2D eigenvalue weighted by molar-refractivity contribution is 5.95. The highest BCUT2D eigenvalue weighted by Gasteiger charge is 2.19. The number of nitro groups is 1. The first kappa shape index (κ1) is 16.9. The van der Waals surface area contributed by atoms with Gasteiger partial charge in [0.25, 0.3) is 11.6 Å². The van der Waals surface area contributed by atoms with Gasteiger partial charge in [0.1, 0.15) is 5.69 Å². The Labute approximate surface area is 123 Å². The van der Waals surface area contributed by atoms with E-state index < -0.39 is 11.0 Å². The minimum absolute atomic E-state index is 0.126. The van der Waals surface area contributed by atoms with E-state index in [0.29, 0.717) is 18.7 Å². The molecule has 1 aromatic rings. The molecule has 0 radical (unpaired) electrons. The number of carbonyl (C=O) groups excluding carboxylic acids is 1. The molecule has 1 rings (SSSR count). The first-order valence-electron chi connectivity index (χ1n) is 6.86. The molecule has 7 nitrogen and oxygen atoms in total. The van der Waals surface area contributed by atoms with Gasteiger partial charge in [-0.15, -0.1) is 0 Å². The zero-order valence-electron chi connectivity index (χ0n) is 12.4. The molecule has 2 unspecified atom stereocenters. The van der Waals surface area contributed by atoms with Gasteiger partial charge in [0, 0.05) is 24.2 Å². The summed E-state index contributed by atoms with van der Waals surface area (Å²) in [6.45, 7) is 5.72. The summed E-state index contributed by atoms with van der Waals surface area (Å²) < 4.78 is 0. The summed E-state index contributed by atoms with van der Waals surface area (Å²) in [4.78, 5) is 22.3. The van der Waals surface area contributed by atoms with Gasteiger partial charge in [0.2, 0.25) is 0 Å². The van der Waals surface area contributed by atoms with E-state index in [1.54, 1.807) is 13.8 Å². The average Bonchev–Trinajstić information content (AvgIpc) is 2.38. The molecule has 0 saturated heterocycles. The molecule has 0 fully saturated rings. The Hall–Kier alpha value is -2.15. The summed E-state index contributed by atoms with van der Waals surface area (Å²) >= 11 is 0. The van der Waals surface area contributed by atoms with Crippen molar-refractivity contribution in [1.82, 2.24) is 5.32 Å². The Kier molecular flexibility index (Phi) is 6.10. The minimum atomic E-state index is -0.528. The van der Waals surface area contributed by atoms with E-state index in [1.165, 1.54) is 18.2 Å². The van der Waals surface area contributed by atoms with Crippen LogP contribution in [-0.2, 0) is 0 Å². The van der Waals surface area contributed by atoms with Crippen LogP contribution in [0.3, 0.4) is 0 Å². The van der Waals surface area contributed by atoms with E-state index in [2.05, 4.69) is 10.6 Å². The molecule has 1 amide bonds. The maximum absolute atomic E-state index is 11.7. The number of aliphatic hydroxyl groups is 1. The van der Waals surface area contributed by atoms with Crippen LogP contribution < -0.4 is 10.6 Å². The molecule has 0 aliphatic heterocycles. The normalized spacial score (nSPS) is 13.3. The van der Waals surface area contributed by atoms with Crippen LogP contribution in [-0.4, -0.2) is 34.6 Å². The summed E-state index contributed by atoms with van der Waals surface area (Å²) in [7, 11) is 0. The standard InChI is InChI=1S/C14H21N3O4/c1-4-15-14(19)11-5-6-12(13(8-11)17(20)21)16-9(2)7-10(3)18/h5-6,8-10,16,18H,4,7H2,1-3H3,(H,15,19). The molecule has 7 heteroatoms. The predicted octanol–water partition coefficient (Wildman–Crippen LogP) is 1.92. The molecule has 2 atom stereocenters. The maximum Gasteiger partial charge on any atom is 0.293 e. The number of aliphatic hydroxyl groups excluding tert-OH is 1. The fourth-order valence-electron chi connectivity index (χ4n) is 2.04. The topological polar surface area (TPSA) is 104 Å². The minimum Gasteiger partial charge on any atom is -0.393 e. The van der Waals surface area contributed by atoms with Gasteiger partial charge < -0.3 is 15.7 Å². The van der Waals surface area contributed by atoms with Crippen LogP contribution in [0.1, 0.15) is 37.6 Å². The molecule has 3 N–H and O–H groups in total. The molecule has 116 valence electrons. The van der Waals surface area contributed by atoms with Crippen molar-refractivity contribution in [3.05, 3.63) is 33.9 Å². The SMILES string of the molecule is CCNC(=O)c1ccc(NC(C)CC(C)O)c([N+](=O)[O-])c1. The third-order valence-corrected chi connectivity index (χ3v) is 2.89. The number of rotatable bonds is 7. The van der Waals surface area contributed by atoms with E-state index in [1.807, 2.05) is 6.92 Å². The Bertz CT molecular complexity index is 517. The summed E-state index contributed by atoms with van der Waals surface area (Å²) in [6.07, 6.45) is -0.0314. The monoisotopic (exact) mass is 295 g/mol. The lowest BCUT2D eigenvalue weighted by Gasteiger charge is -2.17. The fourth-order valence-corrected chi connectivity index (χ4v) is 2.04. The molecule has 0 bridgehead atoms. The highest BCUT2D eigenvalue weighted by Crippen LogP contribution is 2.26. The van der Waals surface area contributed by atoms with E-state index in [0.717, 1.165) is 0 Å². The molecular formula is C14H21N3O4.